The van der Waals surface area contributed by atoms with E-state index in [1.807, 2.05) is 12.1 Å². The maximum absolute atomic E-state index is 5.58. The zero-order chi connectivity index (χ0) is 10.4. The van der Waals surface area contributed by atoms with E-state index in [0.717, 1.165) is 25.3 Å². The molecule has 0 saturated carbocycles. The second-order valence-electron chi connectivity index (χ2n) is 3.82. The monoisotopic (exact) mass is 193 g/mol. The van der Waals surface area contributed by atoms with Gasteiger partial charge < -0.3 is 9.64 Å². The van der Waals surface area contributed by atoms with Crippen LogP contribution in [-0.2, 0) is 0 Å². The van der Waals surface area contributed by atoms with Gasteiger partial charge in [-0.2, -0.15) is 0 Å². The summed E-state index contributed by atoms with van der Waals surface area (Å²) >= 11 is 0. The molecule has 78 valence electrons. The lowest BCUT2D eigenvalue weighted by atomic mass is 10.2. The summed E-state index contributed by atoms with van der Waals surface area (Å²) in [4.78, 5) is 2.17. The van der Waals surface area contributed by atoms with Crippen LogP contribution in [0.1, 0.15) is 12.0 Å². The van der Waals surface area contributed by atoms with Gasteiger partial charge in [-0.3, -0.25) is 0 Å². The minimum absolute atomic E-state index is 0.793. The SMILES string of the molecule is Cc1ccc(OCCCN(C)C)cc1. The van der Waals surface area contributed by atoms with Crippen molar-refractivity contribution in [3.05, 3.63) is 29.8 Å². The molecule has 0 spiro atoms. The molecular weight excluding hydrogens is 174 g/mol. The normalized spacial score (nSPS) is 10.6. The van der Waals surface area contributed by atoms with E-state index in [1.165, 1.54) is 5.56 Å². The molecule has 2 heteroatoms. The number of rotatable bonds is 5. The molecule has 14 heavy (non-hydrogen) atoms. The molecule has 0 saturated heterocycles. The van der Waals surface area contributed by atoms with Gasteiger partial charge in [-0.1, -0.05) is 17.7 Å². The van der Waals surface area contributed by atoms with Crippen LogP contribution < -0.4 is 4.74 Å². The molecule has 0 atom stereocenters. The molecule has 2 nitrogen and oxygen atoms in total. The Hall–Kier alpha value is -1.02. The largest absolute Gasteiger partial charge is 0.494 e. The molecule has 0 heterocycles. The molecule has 0 aliphatic carbocycles. The minimum atomic E-state index is 0.793. The predicted molar refractivity (Wildman–Crippen MR) is 59.8 cm³/mol. The van der Waals surface area contributed by atoms with Crippen molar-refractivity contribution in [2.45, 2.75) is 13.3 Å². The van der Waals surface area contributed by atoms with Crippen LogP contribution in [0, 0.1) is 6.92 Å². The Morgan fingerprint density at radius 1 is 1.14 bits per heavy atom. The van der Waals surface area contributed by atoms with E-state index < -0.39 is 0 Å². The lowest BCUT2D eigenvalue weighted by molar-refractivity contribution is 0.281. The first-order valence-corrected chi connectivity index (χ1v) is 5.02. The van der Waals surface area contributed by atoms with Gasteiger partial charge >= 0.3 is 0 Å². The van der Waals surface area contributed by atoms with E-state index in [-0.39, 0.29) is 0 Å². The quantitative estimate of drug-likeness (QED) is 0.665. The molecule has 0 radical (unpaired) electrons. The van der Waals surface area contributed by atoms with Crippen LogP contribution in [0.2, 0.25) is 0 Å². The lowest BCUT2D eigenvalue weighted by Crippen LogP contribution is -2.15. The van der Waals surface area contributed by atoms with E-state index in [9.17, 15) is 0 Å². The summed E-state index contributed by atoms with van der Waals surface area (Å²) in [5.41, 5.74) is 1.27. The summed E-state index contributed by atoms with van der Waals surface area (Å²) in [6, 6.07) is 8.18. The molecule has 1 rings (SSSR count). The topological polar surface area (TPSA) is 12.5 Å². The number of aryl methyl sites for hydroxylation is 1. The molecular formula is C12H19NO. The van der Waals surface area contributed by atoms with Crippen molar-refractivity contribution in [2.75, 3.05) is 27.2 Å². The highest BCUT2D eigenvalue weighted by Crippen LogP contribution is 2.11. The van der Waals surface area contributed by atoms with Gasteiger partial charge in [-0.25, -0.2) is 0 Å². The Kier molecular flexibility index (Phi) is 4.47. The standard InChI is InChI=1S/C12H19NO/c1-11-5-7-12(8-6-11)14-10-4-9-13(2)3/h5-8H,4,9-10H2,1-3H3. The first-order chi connectivity index (χ1) is 6.68. The molecule has 0 bridgehead atoms. The van der Waals surface area contributed by atoms with Gasteiger partial charge in [0.05, 0.1) is 6.61 Å². The van der Waals surface area contributed by atoms with Gasteiger partial charge in [0.1, 0.15) is 5.75 Å². The molecule has 1 aromatic rings. The fraction of sp³-hybridized carbons (Fsp3) is 0.500. The summed E-state index contributed by atoms with van der Waals surface area (Å²) in [6.07, 6.45) is 1.07. The first kappa shape index (κ1) is 11.1. The van der Waals surface area contributed by atoms with Crippen LogP contribution in [0.5, 0.6) is 5.75 Å². The van der Waals surface area contributed by atoms with Crippen molar-refractivity contribution in [3.8, 4) is 5.75 Å². The maximum Gasteiger partial charge on any atom is 0.119 e. The molecule has 0 aliphatic rings. The summed E-state index contributed by atoms with van der Waals surface area (Å²) in [5.74, 6) is 0.967. The van der Waals surface area contributed by atoms with Crippen molar-refractivity contribution in [2.24, 2.45) is 0 Å². The highest BCUT2D eigenvalue weighted by atomic mass is 16.5. The third-order valence-corrected chi connectivity index (χ3v) is 2.04. The van der Waals surface area contributed by atoms with E-state index in [4.69, 9.17) is 4.74 Å². The highest BCUT2D eigenvalue weighted by molar-refractivity contribution is 5.26. The number of ether oxygens (including phenoxy) is 1. The third-order valence-electron chi connectivity index (χ3n) is 2.04. The van der Waals surface area contributed by atoms with Gasteiger partial charge in [-0.15, -0.1) is 0 Å². The summed E-state index contributed by atoms with van der Waals surface area (Å²) in [5, 5.41) is 0. The maximum atomic E-state index is 5.58. The van der Waals surface area contributed by atoms with Gasteiger partial charge in [0.25, 0.3) is 0 Å². The summed E-state index contributed by atoms with van der Waals surface area (Å²) in [7, 11) is 4.15. The van der Waals surface area contributed by atoms with Crippen LogP contribution in [0.25, 0.3) is 0 Å². The van der Waals surface area contributed by atoms with Crippen molar-refractivity contribution >= 4 is 0 Å². The van der Waals surface area contributed by atoms with Gasteiger partial charge in [0.2, 0.25) is 0 Å². The molecule has 0 fully saturated rings. The number of nitrogens with zero attached hydrogens (tertiary/aromatic N) is 1. The van der Waals surface area contributed by atoms with E-state index in [2.05, 4.69) is 38.1 Å². The van der Waals surface area contributed by atoms with Crippen molar-refractivity contribution in [1.82, 2.24) is 4.90 Å². The Labute approximate surface area is 86.5 Å². The van der Waals surface area contributed by atoms with Gasteiger partial charge in [0.15, 0.2) is 0 Å². The second kappa shape index (κ2) is 5.66. The van der Waals surface area contributed by atoms with Crippen LogP contribution in [-0.4, -0.2) is 32.1 Å². The summed E-state index contributed by atoms with van der Waals surface area (Å²) in [6.45, 7) is 3.95. The van der Waals surface area contributed by atoms with E-state index in [1.54, 1.807) is 0 Å². The summed E-state index contributed by atoms with van der Waals surface area (Å²) < 4.78 is 5.58. The van der Waals surface area contributed by atoms with Gasteiger partial charge in [-0.05, 0) is 39.6 Å². The zero-order valence-corrected chi connectivity index (χ0v) is 9.29. The van der Waals surface area contributed by atoms with E-state index in [0.29, 0.717) is 0 Å². The molecule has 0 unspecified atom stereocenters. The average molecular weight is 193 g/mol. The second-order valence-corrected chi connectivity index (χ2v) is 3.82. The molecule has 0 N–H and O–H groups in total. The Morgan fingerprint density at radius 3 is 2.36 bits per heavy atom. The van der Waals surface area contributed by atoms with Crippen molar-refractivity contribution in [3.63, 3.8) is 0 Å². The van der Waals surface area contributed by atoms with E-state index >= 15 is 0 Å². The number of hydrogen-bond acceptors (Lipinski definition) is 2. The van der Waals surface area contributed by atoms with Gasteiger partial charge in [0, 0.05) is 6.54 Å². The highest BCUT2D eigenvalue weighted by Gasteiger charge is 1.94. The Balaban J connectivity index is 2.21. The zero-order valence-electron chi connectivity index (χ0n) is 9.29. The number of benzene rings is 1. The molecule has 0 aromatic heterocycles. The Morgan fingerprint density at radius 2 is 1.79 bits per heavy atom. The number of hydrogen-bond donors (Lipinski definition) is 0. The molecule has 1 aromatic carbocycles. The van der Waals surface area contributed by atoms with Crippen molar-refractivity contribution < 1.29 is 4.74 Å². The molecule has 0 aliphatic heterocycles. The average Bonchev–Trinajstić information content (AvgIpc) is 2.15. The fourth-order valence-electron chi connectivity index (χ4n) is 1.21. The van der Waals surface area contributed by atoms with Crippen LogP contribution >= 0.6 is 0 Å². The van der Waals surface area contributed by atoms with Crippen LogP contribution in [0.4, 0.5) is 0 Å². The molecule has 0 amide bonds. The minimum Gasteiger partial charge on any atom is -0.494 e. The Bertz CT molecular complexity index is 254. The predicted octanol–water partition coefficient (Wildman–Crippen LogP) is 2.33. The van der Waals surface area contributed by atoms with Crippen LogP contribution in [0.15, 0.2) is 24.3 Å². The smallest absolute Gasteiger partial charge is 0.119 e. The third kappa shape index (κ3) is 4.28. The lowest BCUT2D eigenvalue weighted by Gasteiger charge is -2.10. The van der Waals surface area contributed by atoms with Crippen LogP contribution in [0.3, 0.4) is 0 Å². The van der Waals surface area contributed by atoms with Crippen molar-refractivity contribution in [1.29, 1.82) is 0 Å². The fourth-order valence-corrected chi connectivity index (χ4v) is 1.21. The first-order valence-electron chi connectivity index (χ1n) is 5.02.